The summed E-state index contributed by atoms with van der Waals surface area (Å²) in [5.74, 6) is 0.720. The highest BCUT2D eigenvalue weighted by atomic mass is 32.2. The second-order valence-electron chi connectivity index (χ2n) is 4.15. The Balaban J connectivity index is 2.25. The fourth-order valence-corrected chi connectivity index (χ4v) is 4.27. The Kier molecular flexibility index (Phi) is 4.66. The predicted molar refractivity (Wildman–Crippen MR) is 78.5 cm³/mol. The van der Waals surface area contributed by atoms with Crippen molar-refractivity contribution in [3.05, 3.63) is 35.2 Å². The van der Waals surface area contributed by atoms with Gasteiger partial charge in [-0.25, -0.2) is 4.98 Å². The topological polar surface area (TPSA) is 30.0 Å². The van der Waals surface area contributed by atoms with E-state index in [1.165, 1.54) is 0 Å². The second kappa shape index (κ2) is 6.25. The van der Waals surface area contributed by atoms with Crippen molar-refractivity contribution in [2.45, 2.75) is 31.0 Å². The van der Waals surface area contributed by atoms with E-state index < -0.39 is 10.8 Å². The monoisotopic (exact) mass is 279 g/mol. The zero-order valence-electron chi connectivity index (χ0n) is 10.7. The third kappa shape index (κ3) is 3.06. The van der Waals surface area contributed by atoms with Gasteiger partial charge in [-0.05, 0) is 13.3 Å². The Morgan fingerprint density at radius 2 is 2.00 bits per heavy atom. The molecule has 1 unspecified atom stereocenters. The fraction of sp³-hybridized carbons (Fsp3) is 0.357. The molecule has 1 aromatic heterocycles. The summed E-state index contributed by atoms with van der Waals surface area (Å²) >= 11 is 1.56. The molecule has 1 heterocycles. The van der Waals surface area contributed by atoms with Crippen molar-refractivity contribution in [2.75, 3.05) is 5.75 Å². The minimum absolute atomic E-state index is 0.720. The average molecular weight is 279 g/mol. The van der Waals surface area contributed by atoms with E-state index in [4.69, 9.17) is 0 Å². The molecule has 0 N–H and O–H groups in total. The van der Waals surface area contributed by atoms with E-state index in [0.717, 1.165) is 39.1 Å². The van der Waals surface area contributed by atoms with Crippen LogP contribution < -0.4 is 0 Å². The summed E-state index contributed by atoms with van der Waals surface area (Å²) in [5, 5.41) is 0. The maximum atomic E-state index is 12.1. The molecule has 0 bridgehead atoms. The van der Waals surface area contributed by atoms with Crippen LogP contribution in [-0.2, 0) is 10.8 Å². The van der Waals surface area contributed by atoms with Crippen LogP contribution in [0.1, 0.15) is 24.6 Å². The SMILES string of the molecule is CCCCS(=O)c1nc(-c2ccccc2)c(C)s1. The van der Waals surface area contributed by atoms with Gasteiger partial charge in [0.2, 0.25) is 0 Å². The summed E-state index contributed by atoms with van der Waals surface area (Å²) in [6.07, 6.45) is 2.06. The zero-order chi connectivity index (χ0) is 13.0. The number of hydrogen-bond acceptors (Lipinski definition) is 3. The van der Waals surface area contributed by atoms with Crippen molar-refractivity contribution < 1.29 is 4.21 Å². The van der Waals surface area contributed by atoms with Gasteiger partial charge in [-0.3, -0.25) is 4.21 Å². The second-order valence-corrected chi connectivity index (χ2v) is 7.10. The Hall–Kier alpha value is -1.00. The van der Waals surface area contributed by atoms with Gasteiger partial charge in [-0.15, -0.1) is 11.3 Å². The van der Waals surface area contributed by atoms with Crippen molar-refractivity contribution in [1.82, 2.24) is 4.98 Å². The molecule has 4 heteroatoms. The van der Waals surface area contributed by atoms with Gasteiger partial charge < -0.3 is 0 Å². The van der Waals surface area contributed by atoms with Gasteiger partial charge in [0.1, 0.15) is 0 Å². The molecule has 0 spiro atoms. The normalized spacial score (nSPS) is 12.6. The molecule has 0 fully saturated rings. The molecule has 0 amide bonds. The maximum absolute atomic E-state index is 12.1. The van der Waals surface area contributed by atoms with E-state index in [0.29, 0.717) is 0 Å². The van der Waals surface area contributed by atoms with Gasteiger partial charge in [0.15, 0.2) is 4.34 Å². The van der Waals surface area contributed by atoms with Crippen molar-refractivity contribution >= 4 is 22.1 Å². The third-order valence-corrected chi connectivity index (χ3v) is 5.42. The highest BCUT2D eigenvalue weighted by Crippen LogP contribution is 2.29. The molecule has 0 saturated heterocycles. The van der Waals surface area contributed by atoms with Crippen molar-refractivity contribution in [2.24, 2.45) is 0 Å². The highest BCUT2D eigenvalue weighted by Gasteiger charge is 2.13. The molecule has 96 valence electrons. The molecule has 1 atom stereocenters. The lowest BCUT2D eigenvalue weighted by Gasteiger charge is -1.97. The van der Waals surface area contributed by atoms with Crippen molar-refractivity contribution in [3.8, 4) is 11.3 Å². The molecule has 2 nitrogen and oxygen atoms in total. The van der Waals surface area contributed by atoms with Gasteiger partial charge in [0, 0.05) is 16.2 Å². The molecular formula is C14H17NOS2. The van der Waals surface area contributed by atoms with Crippen LogP contribution in [0, 0.1) is 6.92 Å². The molecule has 0 radical (unpaired) electrons. The summed E-state index contributed by atoms with van der Waals surface area (Å²) in [6.45, 7) is 4.15. The number of rotatable bonds is 5. The maximum Gasteiger partial charge on any atom is 0.181 e. The Bertz CT molecular complexity index is 534. The summed E-state index contributed by atoms with van der Waals surface area (Å²) in [6, 6.07) is 10.1. The van der Waals surface area contributed by atoms with Gasteiger partial charge in [0.05, 0.1) is 16.5 Å². The first-order valence-electron chi connectivity index (χ1n) is 6.13. The van der Waals surface area contributed by atoms with Crippen LogP contribution in [0.4, 0.5) is 0 Å². The van der Waals surface area contributed by atoms with E-state index in [1.54, 1.807) is 11.3 Å². The van der Waals surface area contributed by atoms with E-state index in [2.05, 4.69) is 11.9 Å². The lowest BCUT2D eigenvalue weighted by Crippen LogP contribution is -1.96. The van der Waals surface area contributed by atoms with Crippen molar-refractivity contribution in [1.29, 1.82) is 0 Å². The van der Waals surface area contributed by atoms with E-state index in [9.17, 15) is 4.21 Å². The molecule has 2 rings (SSSR count). The molecule has 1 aromatic carbocycles. The lowest BCUT2D eigenvalue weighted by atomic mass is 10.1. The summed E-state index contributed by atoms with van der Waals surface area (Å²) < 4.78 is 12.8. The number of hydrogen-bond donors (Lipinski definition) is 0. The van der Waals surface area contributed by atoms with Crippen LogP contribution in [0.15, 0.2) is 34.7 Å². The van der Waals surface area contributed by atoms with Crippen LogP contribution in [0.25, 0.3) is 11.3 Å². The zero-order valence-corrected chi connectivity index (χ0v) is 12.3. The predicted octanol–water partition coefficient (Wildman–Crippen LogP) is 4.03. The molecule has 0 saturated carbocycles. The summed E-state index contributed by atoms with van der Waals surface area (Å²) in [5.41, 5.74) is 2.07. The van der Waals surface area contributed by atoms with Crippen LogP contribution >= 0.6 is 11.3 Å². The number of aryl methyl sites for hydroxylation is 1. The van der Waals surface area contributed by atoms with E-state index >= 15 is 0 Å². The Morgan fingerprint density at radius 1 is 1.28 bits per heavy atom. The van der Waals surface area contributed by atoms with Crippen LogP contribution in [-0.4, -0.2) is 14.9 Å². The molecule has 2 aromatic rings. The lowest BCUT2D eigenvalue weighted by molar-refractivity contribution is 0.679. The fourth-order valence-electron chi connectivity index (χ4n) is 1.70. The van der Waals surface area contributed by atoms with Crippen LogP contribution in [0.3, 0.4) is 0 Å². The minimum Gasteiger partial charge on any atom is -0.252 e. The van der Waals surface area contributed by atoms with Gasteiger partial charge >= 0.3 is 0 Å². The molecular weight excluding hydrogens is 262 g/mol. The van der Waals surface area contributed by atoms with E-state index in [-0.39, 0.29) is 0 Å². The van der Waals surface area contributed by atoms with Gasteiger partial charge in [0.25, 0.3) is 0 Å². The third-order valence-electron chi connectivity index (χ3n) is 2.70. The number of unbranched alkanes of at least 4 members (excludes halogenated alkanes) is 1. The van der Waals surface area contributed by atoms with Gasteiger partial charge in [-0.1, -0.05) is 43.7 Å². The minimum atomic E-state index is -0.939. The quantitative estimate of drug-likeness (QED) is 0.827. The van der Waals surface area contributed by atoms with E-state index in [1.807, 2.05) is 37.3 Å². The number of thiazole rings is 1. The number of aromatic nitrogens is 1. The standard InChI is InChI=1S/C14H17NOS2/c1-3-4-10-18(16)14-15-13(11(2)17-14)12-8-6-5-7-9-12/h5-9H,3-4,10H2,1-2H3. The van der Waals surface area contributed by atoms with Crippen molar-refractivity contribution in [3.63, 3.8) is 0 Å². The van der Waals surface area contributed by atoms with Crippen LogP contribution in [0.5, 0.6) is 0 Å². The molecule has 18 heavy (non-hydrogen) atoms. The summed E-state index contributed by atoms with van der Waals surface area (Å²) in [4.78, 5) is 5.69. The summed E-state index contributed by atoms with van der Waals surface area (Å²) in [7, 11) is -0.939. The number of nitrogens with zero attached hydrogens (tertiary/aromatic N) is 1. The largest absolute Gasteiger partial charge is 0.252 e. The Morgan fingerprint density at radius 3 is 2.67 bits per heavy atom. The van der Waals surface area contributed by atoms with Crippen LogP contribution in [0.2, 0.25) is 0 Å². The highest BCUT2D eigenvalue weighted by molar-refractivity contribution is 7.87. The average Bonchev–Trinajstić information content (AvgIpc) is 2.79. The van der Waals surface area contributed by atoms with Gasteiger partial charge in [-0.2, -0.15) is 0 Å². The first-order chi connectivity index (χ1) is 8.72. The first kappa shape index (κ1) is 13.4. The molecule has 0 aliphatic heterocycles. The first-order valence-corrected chi connectivity index (χ1v) is 8.27. The number of benzene rings is 1. The molecule has 0 aliphatic rings. The molecule has 0 aliphatic carbocycles. The smallest absolute Gasteiger partial charge is 0.181 e. The Labute approximate surface area is 115 Å².